The molecule has 0 unspecified atom stereocenters. The number of carbonyl (C=O) groups is 1. The van der Waals surface area contributed by atoms with E-state index in [1.165, 1.54) is 11.1 Å². The van der Waals surface area contributed by atoms with E-state index in [0.717, 1.165) is 46.5 Å². The summed E-state index contributed by atoms with van der Waals surface area (Å²) in [4.78, 5) is 14.5. The van der Waals surface area contributed by atoms with Gasteiger partial charge < -0.3 is 19.9 Å². The van der Waals surface area contributed by atoms with Crippen LogP contribution in [0.25, 0.3) is 11.1 Å². The number of benzene rings is 5. The molecule has 1 aliphatic heterocycles. The Bertz CT molecular complexity index is 1790. The number of nitrogens with one attached hydrogen (secondary N) is 1. The van der Waals surface area contributed by atoms with Gasteiger partial charge >= 0.3 is 0 Å². The van der Waals surface area contributed by atoms with Crippen LogP contribution in [-0.2, 0) is 40.5 Å². The molecule has 6 nitrogen and oxygen atoms in total. The number of carbonyl (C=O) groups excluding carboxylic acids is 1. The van der Waals surface area contributed by atoms with Gasteiger partial charge in [0.2, 0.25) is 0 Å². The third-order valence-electron chi connectivity index (χ3n) is 8.70. The Kier molecular flexibility index (Phi) is 12.3. The molecule has 6 rings (SSSR count). The van der Waals surface area contributed by atoms with Gasteiger partial charge in [-0.05, 0) is 51.1 Å². The van der Waals surface area contributed by atoms with E-state index in [1.54, 1.807) is 0 Å². The molecule has 9 heteroatoms. The van der Waals surface area contributed by atoms with Gasteiger partial charge in [-0.2, -0.15) is 0 Å². The largest absolute Gasteiger partial charge is 0.392 e. The molecule has 0 spiro atoms. The maximum atomic E-state index is 12.1. The van der Waals surface area contributed by atoms with Crippen LogP contribution in [0.5, 0.6) is 0 Å². The molecule has 1 saturated heterocycles. The van der Waals surface area contributed by atoms with Crippen molar-refractivity contribution < 1.29 is 19.4 Å². The number of nitrogens with zero attached hydrogens (tertiary/aromatic N) is 1. The second kappa shape index (κ2) is 17.0. The molecule has 0 saturated carbocycles. The lowest BCUT2D eigenvalue weighted by Gasteiger charge is -2.38. The average Bonchev–Trinajstić information content (AvgIpc) is 3.14. The van der Waals surface area contributed by atoms with Crippen molar-refractivity contribution in [3.05, 3.63) is 167 Å². The van der Waals surface area contributed by atoms with Crippen molar-refractivity contribution in [2.45, 2.75) is 55.0 Å². The van der Waals surface area contributed by atoms with Gasteiger partial charge in [0.15, 0.2) is 6.29 Å². The van der Waals surface area contributed by atoms with Gasteiger partial charge in [-0.3, -0.25) is 9.69 Å². The normalized spacial score (nSPS) is 17.8. The first-order chi connectivity index (χ1) is 24.2. The molecule has 50 heavy (non-hydrogen) atoms. The van der Waals surface area contributed by atoms with Gasteiger partial charge in [-0.25, -0.2) is 0 Å². The lowest BCUT2D eigenvalue weighted by Crippen LogP contribution is -2.39. The van der Waals surface area contributed by atoms with Crippen molar-refractivity contribution in [2.75, 3.05) is 6.54 Å². The molecule has 0 aromatic heterocycles. The highest BCUT2D eigenvalue weighted by atomic mass is 35.6. The topological polar surface area (TPSA) is 71.0 Å². The summed E-state index contributed by atoms with van der Waals surface area (Å²) in [5.41, 5.74) is 8.08. The van der Waals surface area contributed by atoms with Gasteiger partial charge in [-0.15, -0.1) is 0 Å². The van der Waals surface area contributed by atoms with E-state index in [1.807, 2.05) is 78.9 Å². The molecule has 3 atom stereocenters. The number of hydrogen-bond acceptors (Lipinski definition) is 5. The maximum Gasteiger partial charge on any atom is 0.272 e. The standard InChI is InChI=1S/C41H39Cl3N2O4/c42-41(43,44)40(48)45-24-32-13-7-14-34(21-32)35-15-8-16-36(22-35)39-49-37(23-38(50-39)33-19-17-31(28-47)18-20-33)27-46(25-29-9-3-1-4-10-29)26-30-11-5-2-6-12-30/h1-22,37-39,47H,23-28H2,(H,45,48)/t37-,38+,39+/m0/s1. The monoisotopic (exact) mass is 728 g/mol. The Hall–Kier alpha value is -3.72. The highest BCUT2D eigenvalue weighted by Gasteiger charge is 2.34. The molecule has 1 fully saturated rings. The van der Waals surface area contributed by atoms with Crippen molar-refractivity contribution in [1.82, 2.24) is 10.2 Å². The number of halogens is 3. The summed E-state index contributed by atoms with van der Waals surface area (Å²) >= 11 is 17.2. The molecule has 258 valence electrons. The summed E-state index contributed by atoms with van der Waals surface area (Å²) in [7, 11) is 0. The summed E-state index contributed by atoms with van der Waals surface area (Å²) in [6, 6.07) is 45.0. The van der Waals surface area contributed by atoms with Crippen LogP contribution in [0.1, 0.15) is 52.2 Å². The predicted molar refractivity (Wildman–Crippen MR) is 199 cm³/mol. The minimum Gasteiger partial charge on any atom is -0.392 e. The second-order valence-electron chi connectivity index (χ2n) is 12.5. The zero-order valence-corrected chi connectivity index (χ0v) is 29.7. The number of rotatable bonds is 12. The average molecular weight is 730 g/mol. The Labute approximate surface area is 308 Å². The Balaban J connectivity index is 1.26. The molecule has 0 bridgehead atoms. The third-order valence-corrected chi connectivity index (χ3v) is 9.22. The van der Waals surface area contributed by atoms with E-state index in [4.69, 9.17) is 44.3 Å². The molecule has 1 amide bonds. The first-order valence-corrected chi connectivity index (χ1v) is 17.7. The van der Waals surface area contributed by atoms with Crippen LogP contribution in [0.4, 0.5) is 0 Å². The van der Waals surface area contributed by atoms with Gasteiger partial charge in [-0.1, -0.05) is 156 Å². The van der Waals surface area contributed by atoms with Crippen molar-refractivity contribution in [2.24, 2.45) is 0 Å². The van der Waals surface area contributed by atoms with Crippen LogP contribution >= 0.6 is 34.8 Å². The number of ether oxygens (including phenoxy) is 2. The van der Waals surface area contributed by atoms with Crippen molar-refractivity contribution >= 4 is 40.7 Å². The third kappa shape index (κ3) is 9.95. The van der Waals surface area contributed by atoms with Crippen LogP contribution in [0.15, 0.2) is 133 Å². The molecular weight excluding hydrogens is 691 g/mol. The van der Waals surface area contributed by atoms with E-state index >= 15 is 0 Å². The van der Waals surface area contributed by atoms with E-state index in [9.17, 15) is 9.90 Å². The molecule has 0 radical (unpaired) electrons. The number of alkyl halides is 3. The van der Waals surface area contributed by atoms with Crippen LogP contribution in [0, 0.1) is 0 Å². The van der Waals surface area contributed by atoms with Crippen LogP contribution in [-0.4, -0.2) is 32.4 Å². The molecule has 1 heterocycles. The number of hydrogen-bond donors (Lipinski definition) is 2. The zero-order chi connectivity index (χ0) is 34.9. The molecular formula is C41H39Cl3N2O4. The van der Waals surface area contributed by atoms with Crippen molar-refractivity contribution in [3.8, 4) is 11.1 Å². The fraction of sp³-hybridized carbons (Fsp3) is 0.244. The summed E-state index contributed by atoms with van der Waals surface area (Å²) in [5.74, 6) is -0.678. The Morgan fingerprint density at radius 1 is 0.700 bits per heavy atom. The number of aliphatic hydroxyl groups is 1. The minimum absolute atomic E-state index is 0.0125. The molecule has 1 aliphatic rings. The van der Waals surface area contributed by atoms with Gasteiger partial charge in [0.05, 0.1) is 18.8 Å². The molecule has 5 aromatic rings. The fourth-order valence-electron chi connectivity index (χ4n) is 6.20. The highest BCUT2D eigenvalue weighted by molar-refractivity contribution is 6.76. The van der Waals surface area contributed by atoms with Crippen molar-refractivity contribution in [3.63, 3.8) is 0 Å². The van der Waals surface area contributed by atoms with E-state index in [0.29, 0.717) is 13.0 Å². The lowest BCUT2D eigenvalue weighted by molar-refractivity contribution is -0.253. The van der Waals surface area contributed by atoms with Crippen LogP contribution < -0.4 is 5.32 Å². The number of aliphatic hydroxyl groups excluding tert-OH is 1. The van der Waals surface area contributed by atoms with Gasteiger partial charge in [0.1, 0.15) is 0 Å². The molecule has 5 aromatic carbocycles. The Morgan fingerprint density at radius 2 is 1.30 bits per heavy atom. The first-order valence-electron chi connectivity index (χ1n) is 16.6. The van der Waals surface area contributed by atoms with Crippen LogP contribution in [0.3, 0.4) is 0 Å². The smallest absolute Gasteiger partial charge is 0.272 e. The minimum atomic E-state index is -2.03. The summed E-state index contributed by atoms with van der Waals surface area (Å²) < 4.78 is 11.5. The van der Waals surface area contributed by atoms with Gasteiger partial charge in [0, 0.05) is 38.2 Å². The van der Waals surface area contributed by atoms with E-state index in [2.05, 4.69) is 64.8 Å². The summed E-state index contributed by atoms with van der Waals surface area (Å²) in [5, 5.41) is 12.3. The van der Waals surface area contributed by atoms with Crippen LogP contribution in [0.2, 0.25) is 0 Å². The molecule has 2 N–H and O–H groups in total. The lowest BCUT2D eigenvalue weighted by atomic mass is 9.98. The summed E-state index contributed by atoms with van der Waals surface area (Å²) in [6.07, 6.45) is -0.276. The first kappa shape index (κ1) is 36.1. The van der Waals surface area contributed by atoms with E-state index in [-0.39, 0.29) is 25.4 Å². The second-order valence-corrected chi connectivity index (χ2v) is 14.8. The predicted octanol–water partition coefficient (Wildman–Crippen LogP) is 9.08. The molecule has 0 aliphatic carbocycles. The summed E-state index contributed by atoms with van der Waals surface area (Å²) in [6.45, 7) is 2.48. The maximum absolute atomic E-state index is 12.1. The zero-order valence-electron chi connectivity index (χ0n) is 27.4. The van der Waals surface area contributed by atoms with E-state index < -0.39 is 16.0 Å². The van der Waals surface area contributed by atoms with Gasteiger partial charge in [0.25, 0.3) is 9.70 Å². The fourth-order valence-corrected chi connectivity index (χ4v) is 6.40. The quantitative estimate of drug-likeness (QED) is 0.126. The number of amides is 1. The SMILES string of the molecule is O=C(NCc1cccc(-c2cccc([C@@H]3O[C@H](CN(Cc4ccccc4)Cc4ccccc4)C[C@H](c4ccc(CO)cc4)O3)c2)c1)C(Cl)(Cl)Cl. The highest BCUT2D eigenvalue weighted by Crippen LogP contribution is 2.39. The Morgan fingerprint density at radius 3 is 1.92 bits per heavy atom. The van der Waals surface area contributed by atoms with Crippen molar-refractivity contribution in [1.29, 1.82) is 0 Å².